The molecule has 40 heavy (non-hydrogen) atoms. The zero-order chi connectivity index (χ0) is 27.2. The van der Waals surface area contributed by atoms with Crippen LogP contribution in [-0.2, 0) is 22.4 Å². The molecule has 3 aromatic heterocycles. The van der Waals surface area contributed by atoms with E-state index in [-0.39, 0.29) is 22.6 Å². The number of thiophene rings is 1. The van der Waals surface area contributed by atoms with Crippen molar-refractivity contribution >= 4 is 66.4 Å². The summed E-state index contributed by atoms with van der Waals surface area (Å²) in [5.41, 5.74) is 2.94. The van der Waals surface area contributed by atoms with Gasteiger partial charge in [0.1, 0.15) is 17.0 Å². The van der Waals surface area contributed by atoms with Crippen LogP contribution >= 0.6 is 22.7 Å². The lowest BCUT2D eigenvalue weighted by atomic mass is 9.86. The number of thiazole rings is 1. The predicted octanol–water partition coefficient (Wildman–Crippen LogP) is 3.21. The van der Waals surface area contributed by atoms with Gasteiger partial charge >= 0.3 is 4.87 Å². The topological polar surface area (TPSA) is 115 Å². The number of amides is 2. The van der Waals surface area contributed by atoms with Gasteiger partial charge in [-0.2, -0.15) is 0 Å². The van der Waals surface area contributed by atoms with E-state index in [1.807, 2.05) is 28.0 Å². The van der Waals surface area contributed by atoms with E-state index in [1.54, 1.807) is 17.7 Å². The molecule has 3 aliphatic rings. The normalized spacial score (nSPS) is 19.9. The Morgan fingerprint density at radius 1 is 1.02 bits per heavy atom. The van der Waals surface area contributed by atoms with Gasteiger partial charge in [-0.3, -0.25) is 19.3 Å². The van der Waals surface area contributed by atoms with Crippen molar-refractivity contribution < 1.29 is 9.59 Å². The number of nitrogens with zero attached hydrogens (tertiary/aromatic N) is 5. The molecule has 5 heterocycles. The summed E-state index contributed by atoms with van der Waals surface area (Å²) in [6.45, 7) is 5.10. The Labute approximate surface area is 239 Å². The zero-order valence-corrected chi connectivity index (χ0v) is 23.8. The molecule has 2 N–H and O–H groups in total. The molecule has 4 aromatic rings. The van der Waals surface area contributed by atoms with E-state index < -0.39 is 0 Å². The number of fused-ring (bicyclic) bond motifs is 4. The van der Waals surface area contributed by atoms with Crippen molar-refractivity contribution in [1.82, 2.24) is 29.7 Å². The molecule has 2 saturated heterocycles. The SMILES string of the molecule is O=C(CN1CCN(C(=O)[C@@H]2CCc3c(sc4ncnc(Nc5ccc6[nH]c(=O)sc6c5)c34)C2)CC1)N1CCCC1. The monoisotopic (exact) mass is 577 g/mol. The van der Waals surface area contributed by atoms with E-state index in [1.165, 1.54) is 21.8 Å². The van der Waals surface area contributed by atoms with Gasteiger partial charge in [0.15, 0.2) is 0 Å². The lowest BCUT2D eigenvalue weighted by molar-refractivity contribution is -0.138. The van der Waals surface area contributed by atoms with Gasteiger partial charge in [0.2, 0.25) is 11.8 Å². The van der Waals surface area contributed by atoms with Gasteiger partial charge in [-0.25, -0.2) is 9.97 Å². The van der Waals surface area contributed by atoms with E-state index in [0.29, 0.717) is 19.6 Å². The number of benzene rings is 1. The number of rotatable bonds is 5. The predicted molar refractivity (Wildman–Crippen MR) is 157 cm³/mol. The summed E-state index contributed by atoms with van der Waals surface area (Å²) >= 11 is 2.85. The highest BCUT2D eigenvalue weighted by atomic mass is 32.1. The molecule has 0 saturated carbocycles. The van der Waals surface area contributed by atoms with Crippen LogP contribution in [0.15, 0.2) is 29.3 Å². The highest BCUT2D eigenvalue weighted by molar-refractivity contribution is 7.19. The van der Waals surface area contributed by atoms with Crippen LogP contribution in [0.25, 0.3) is 20.4 Å². The standard InChI is InChI=1S/C28H31N7O3S2/c36-23(34-7-1-2-8-34)15-33-9-11-35(12-10-33)27(37)17-3-5-19-21(13-17)39-26-24(19)25(29-16-30-26)31-18-4-6-20-22(14-18)40-28(38)32-20/h4,6,14,16-17H,1-3,5,7-13,15H2,(H,32,38)(H,29,30,31)/t17-/m1/s1. The smallest absolute Gasteiger partial charge is 0.305 e. The van der Waals surface area contributed by atoms with E-state index in [2.05, 4.69) is 25.2 Å². The summed E-state index contributed by atoms with van der Waals surface area (Å²) in [5, 5.41) is 4.48. The Morgan fingerprint density at radius 3 is 2.67 bits per heavy atom. The quantitative estimate of drug-likeness (QED) is 0.374. The molecule has 0 bridgehead atoms. The maximum Gasteiger partial charge on any atom is 0.305 e. The third-order valence-electron chi connectivity index (χ3n) is 8.38. The average molecular weight is 578 g/mol. The lowest BCUT2D eigenvalue weighted by Gasteiger charge is -2.37. The molecule has 0 radical (unpaired) electrons. The van der Waals surface area contributed by atoms with Gasteiger partial charge in [-0.1, -0.05) is 11.3 Å². The number of piperazine rings is 1. The van der Waals surface area contributed by atoms with Gasteiger partial charge in [0.25, 0.3) is 0 Å². The Morgan fingerprint density at radius 2 is 1.85 bits per heavy atom. The number of hydrogen-bond acceptors (Lipinski definition) is 9. The number of aromatic nitrogens is 3. The lowest BCUT2D eigenvalue weighted by Crippen LogP contribution is -2.52. The van der Waals surface area contributed by atoms with E-state index in [0.717, 1.165) is 90.2 Å². The molecule has 1 atom stereocenters. The maximum absolute atomic E-state index is 13.5. The number of carbonyl (C=O) groups excluding carboxylic acids is 2. The van der Waals surface area contributed by atoms with Crippen LogP contribution in [0.4, 0.5) is 11.5 Å². The van der Waals surface area contributed by atoms with E-state index >= 15 is 0 Å². The van der Waals surface area contributed by atoms with Gasteiger partial charge < -0.3 is 20.1 Å². The number of carbonyl (C=O) groups is 2. The maximum atomic E-state index is 13.5. The van der Waals surface area contributed by atoms with Crippen LogP contribution in [0, 0.1) is 5.92 Å². The molecule has 10 nitrogen and oxygen atoms in total. The van der Waals surface area contributed by atoms with Gasteiger partial charge in [0, 0.05) is 55.8 Å². The third-order valence-corrected chi connectivity index (χ3v) is 10.4. The van der Waals surface area contributed by atoms with Gasteiger partial charge in [-0.05, 0) is 55.9 Å². The second-order valence-electron chi connectivity index (χ2n) is 10.9. The van der Waals surface area contributed by atoms with E-state index in [9.17, 15) is 14.4 Å². The Bertz CT molecular complexity index is 1650. The van der Waals surface area contributed by atoms with Crippen LogP contribution in [0.5, 0.6) is 0 Å². The van der Waals surface area contributed by atoms with Crippen LogP contribution in [0.1, 0.15) is 29.7 Å². The molecule has 0 unspecified atom stereocenters. The summed E-state index contributed by atoms with van der Waals surface area (Å²) < 4.78 is 0.896. The molecule has 12 heteroatoms. The first kappa shape index (κ1) is 25.6. The van der Waals surface area contributed by atoms with Gasteiger partial charge in [-0.15, -0.1) is 11.3 Å². The average Bonchev–Trinajstić information content (AvgIpc) is 3.71. The molecular formula is C28H31N7O3S2. The summed E-state index contributed by atoms with van der Waals surface area (Å²) in [4.78, 5) is 57.9. The highest BCUT2D eigenvalue weighted by Gasteiger charge is 2.33. The second kappa shape index (κ2) is 10.6. The second-order valence-corrected chi connectivity index (χ2v) is 13.0. The fourth-order valence-electron chi connectivity index (χ4n) is 6.22. The Hall–Kier alpha value is -3.35. The molecule has 7 rings (SSSR count). The van der Waals surface area contributed by atoms with Crippen molar-refractivity contribution in [2.45, 2.75) is 32.1 Å². The minimum Gasteiger partial charge on any atom is -0.342 e. The van der Waals surface area contributed by atoms with Crippen molar-refractivity contribution in [3.63, 3.8) is 0 Å². The number of nitrogens with one attached hydrogen (secondary N) is 2. The fourth-order valence-corrected chi connectivity index (χ4v) is 8.26. The summed E-state index contributed by atoms with van der Waals surface area (Å²) in [7, 11) is 0. The minimum absolute atomic E-state index is 0.0264. The molecular weight excluding hydrogens is 546 g/mol. The summed E-state index contributed by atoms with van der Waals surface area (Å²) in [6, 6.07) is 5.80. The first-order valence-corrected chi connectivity index (χ1v) is 15.6. The van der Waals surface area contributed by atoms with Gasteiger partial charge in [0.05, 0.1) is 22.1 Å². The largest absolute Gasteiger partial charge is 0.342 e. The Balaban J connectivity index is 1.02. The first-order valence-electron chi connectivity index (χ1n) is 14.0. The van der Waals surface area contributed by atoms with Crippen LogP contribution in [0.3, 0.4) is 0 Å². The number of aromatic amines is 1. The number of anilines is 2. The molecule has 2 fully saturated rings. The van der Waals surface area contributed by atoms with Crippen molar-refractivity contribution in [2.75, 3.05) is 51.1 Å². The molecule has 1 aliphatic carbocycles. The summed E-state index contributed by atoms with van der Waals surface area (Å²) in [5.74, 6) is 1.19. The first-order chi connectivity index (χ1) is 19.5. The van der Waals surface area contributed by atoms with Crippen LogP contribution in [-0.4, -0.2) is 87.3 Å². The highest BCUT2D eigenvalue weighted by Crippen LogP contribution is 2.41. The number of hydrogen-bond donors (Lipinski definition) is 2. The molecule has 0 spiro atoms. The van der Waals surface area contributed by atoms with E-state index in [4.69, 9.17) is 0 Å². The van der Waals surface area contributed by atoms with Crippen molar-refractivity contribution in [2.24, 2.45) is 5.92 Å². The summed E-state index contributed by atoms with van der Waals surface area (Å²) in [6.07, 6.45) is 6.15. The minimum atomic E-state index is -0.0675. The number of aryl methyl sites for hydroxylation is 1. The third kappa shape index (κ3) is 4.88. The van der Waals surface area contributed by atoms with Crippen molar-refractivity contribution in [3.8, 4) is 0 Å². The molecule has 208 valence electrons. The van der Waals surface area contributed by atoms with Crippen LogP contribution < -0.4 is 10.2 Å². The van der Waals surface area contributed by atoms with Crippen molar-refractivity contribution in [3.05, 3.63) is 44.6 Å². The zero-order valence-electron chi connectivity index (χ0n) is 22.1. The number of likely N-dealkylation sites (tertiary alicyclic amines) is 1. The fraction of sp³-hybridized carbons (Fsp3) is 0.464. The van der Waals surface area contributed by atoms with Crippen molar-refractivity contribution in [1.29, 1.82) is 0 Å². The molecule has 2 aliphatic heterocycles. The Kier molecular flexibility index (Phi) is 6.76. The van der Waals surface area contributed by atoms with Crippen LogP contribution in [0.2, 0.25) is 0 Å². The molecule has 1 aromatic carbocycles. The number of H-pyrrole nitrogens is 1. The molecule has 2 amide bonds.